The monoisotopic (exact) mass is 276 g/mol. The van der Waals surface area contributed by atoms with E-state index in [4.69, 9.17) is 5.11 Å². The Morgan fingerprint density at radius 3 is 2.39 bits per heavy atom. The molecule has 0 saturated carbocycles. The Morgan fingerprint density at radius 1 is 1.22 bits per heavy atom. The summed E-state index contributed by atoms with van der Waals surface area (Å²) in [5.41, 5.74) is 0. The van der Waals surface area contributed by atoms with Crippen molar-refractivity contribution in [3.8, 4) is 0 Å². The van der Waals surface area contributed by atoms with Gasteiger partial charge in [-0.1, -0.05) is 0 Å². The first-order valence-electron chi connectivity index (χ1n) is 6.34. The highest BCUT2D eigenvalue weighted by Crippen LogP contribution is 2.21. The quantitative estimate of drug-likeness (QED) is 0.683. The molecule has 2 fully saturated rings. The number of carbonyl (C=O) groups excluding carboxylic acids is 1. The third-order valence-corrected chi connectivity index (χ3v) is 5.45. The number of sulfone groups is 1. The molecule has 1 N–H and O–H groups in total. The number of β-amino-alcohol motifs (C(OH)–C–C–N with tert-alkyl or cyclic N) is 1. The van der Waals surface area contributed by atoms with Crippen LogP contribution in [0.15, 0.2) is 0 Å². The van der Waals surface area contributed by atoms with Crippen LogP contribution in [0.1, 0.15) is 6.42 Å². The third-order valence-electron chi connectivity index (χ3n) is 3.68. The fourth-order valence-corrected chi connectivity index (χ4v) is 4.31. The van der Waals surface area contributed by atoms with Crippen LogP contribution in [0.3, 0.4) is 0 Å². The van der Waals surface area contributed by atoms with E-state index < -0.39 is 9.84 Å². The SMILES string of the molecule is O=C(C1CCS(=O)(=O)C1)N1CCN(CCO)CC1. The molecule has 2 saturated heterocycles. The van der Waals surface area contributed by atoms with Gasteiger partial charge in [0.2, 0.25) is 5.91 Å². The van der Waals surface area contributed by atoms with Gasteiger partial charge in [-0.15, -0.1) is 0 Å². The Kier molecular flexibility index (Phi) is 4.24. The van der Waals surface area contributed by atoms with E-state index in [2.05, 4.69) is 4.90 Å². The number of nitrogens with zero attached hydrogens (tertiary/aromatic N) is 2. The van der Waals surface area contributed by atoms with Crippen LogP contribution in [-0.4, -0.2) is 80.1 Å². The van der Waals surface area contributed by atoms with Crippen LogP contribution in [0, 0.1) is 5.92 Å². The molecule has 0 aromatic rings. The summed E-state index contributed by atoms with van der Waals surface area (Å²) in [6.07, 6.45) is 0.470. The summed E-state index contributed by atoms with van der Waals surface area (Å²) in [5.74, 6) is -0.185. The van der Waals surface area contributed by atoms with Gasteiger partial charge in [0.15, 0.2) is 9.84 Å². The molecule has 1 amide bonds. The summed E-state index contributed by atoms with van der Waals surface area (Å²) in [6, 6.07) is 0. The Bertz CT molecular complexity index is 401. The predicted molar refractivity (Wildman–Crippen MR) is 66.9 cm³/mol. The number of carbonyl (C=O) groups is 1. The van der Waals surface area contributed by atoms with Gasteiger partial charge in [0.05, 0.1) is 24.0 Å². The van der Waals surface area contributed by atoms with Crippen molar-refractivity contribution in [3.05, 3.63) is 0 Å². The van der Waals surface area contributed by atoms with Crippen LogP contribution in [0.5, 0.6) is 0 Å². The number of aliphatic hydroxyl groups excluding tert-OH is 1. The van der Waals surface area contributed by atoms with E-state index in [1.807, 2.05) is 0 Å². The first-order chi connectivity index (χ1) is 8.52. The maximum atomic E-state index is 12.1. The minimum atomic E-state index is -2.99. The largest absolute Gasteiger partial charge is 0.395 e. The van der Waals surface area contributed by atoms with Crippen LogP contribution in [0.25, 0.3) is 0 Å². The Hall–Kier alpha value is -0.660. The molecule has 2 heterocycles. The van der Waals surface area contributed by atoms with Gasteiger partial charge in [-0.2, -0.15) is 0 Å². The zero-order valence-electron chi connectivity index (χ0n) is 10.4. The topological polar surface area (TPSA) is 77.9 Å². The third kappa shape index (κ3) is 3.21. The number of piperazine rings is 1. The summed E-state index contributed by atoms with van der Waals surface area (Å²) in [6.45, 7) is 3.55. The van der Waals surface area contributed by atoms with Crippen LogP contribution in [0.4, 0.5) is 0 Å². The molecule has 0 aromatic carbocycles. The van der Waals surface area contributed by atoms with Crippen molar-refractivity contribution in [2.24, 2.45) is 5.92 Å². The predicted octanol–water partition coefficient (Wildman–Crippen LogP) is -1.44. The number of rotatable bonds is 3. The van der Waals surface area contributed by atoms with E-state index in [9.17, 15) is 13.2 Å². The minimum absolute atomic E-state index is 0.0141. The molecule has 0 radical (unpaired) electrons. The average Bonchev–Trinajstić information content (AvgIpc) is 2.70. The lowest BCUT2D eigenvalue weighted by Gasteiger charge is -2.35. The molecular formula is C11H20N2O4S. The molecule has 1 unspecified atom stereocenters. The van der Waals surface area contributed by atoms with Crippen LogP contribution in [0.2, 0.25) is 0 Å². The van der Waals surface area contributed by atoms with Gasteiger partial charge in [-0.05, 0) is 6.42 Å². The molecule has 2 aliphatic heterocycles. The number of aliphatic hydroxyl groups is 1. The molecule has 2 rings (SSSR count). The molecule has 0 aromatic heterocycles. The van der Waals surface area contributed by atoms with Crippen molar-refractivity contribution in [1.29, 1.82) is 0 Å². The van der Waals surface area contributed by atoms with Crippen LogP contribution in [-0.2, 0) is 14.6 Å². The van der Waals surface area contributed by atoms with Crippen molar-refractivity contribution < 1.29 is 18.3 Å². The van der Waals surface area contributed by atoms with E-state index in [0.29, 0.717) is 26.1 Å². The van der Waals surface area contributed by atoms with Crippen LogP contribution < -0.4 is 0 Å². The maximum Gasteiger partial charge on any atom is 0.226 e. The van der Waals surface area contributed by atoms with Crippen molar-refractivity contribution >= 4 is 15.7 Å². The molecule has 1 atom stereocenters. The van der Waals surface area contributed by atoms with E-state index >= 15 is 0 Å². The van der Waals surface area contributed by atoms with Gasteiger partial charge in [0.1, 0.15) is 0 Å². The van der Waals surface area contributed by atoms with E-state index in [1.54, 1.807) is 4.90 Å². The molecule has 0 aliphatic carbocycles. The fourth-order valence-electron chi connectivity index (χ4n) is 2.58. The van der Waals surface area contributed by atoms with E-state index in [-0.39, 0.29) is 29.9 Å². The smallest absolute Gasteiger partial charge is 0.226 e. The molecule has 7 heteroatoms. The average molecular weight is 276 g/mol. The lowest BCUT2D eigenvalue weighted by atomic mass is 10.1. The van der Waals surface area contributed by atoms with Gasteiger partial charge >= 0.3 is 0 Å². The zero-order chi connectivity index (χ0) is 13.2. The van der Waals surface area contributed by atoms with E-state index in [0.717, 1.165) is 13.1 Å². The molecule has 104 valence electrons. The molecule has 6 nitrogen and oxygen atoms in total. The minimum Gasteiger partial charge on any atom is -0.395 e. The fraction of sp³-hybridized carbons (Fsp3) is 0.909. The first-order valence-corrected chi connectivity index (χ1v) is 8.16. The highest BCUT2D eigenvalue weighted by atomic mass is 32.2. The molecule has 18 heavy (non-hydrogen) atoms. The first kappa shape index (κ1) is 13.8. The lowest BCUT2D eigenvalue weighted by molar-refractivity contribution is -0.136. The van der Waals surface area contributed by atoms with E-state index in [1.165, 1.54) is 0 Å². The Labute approximate surface area is 107 Å². The lowest BCUT2D eigenvalue weighted by Crippen LogP contribution is -2.51. The second kappa shape index (κ2) is 5.54. The maximum absolute atomic E-state index is 12.1. The number of amides is 1. The van der Waals surface area contributed by atoms with Gasteiger partial charge in [-0.25, -0.2) is 8.42 Å². The number of hydrogen-bond donors (Lipinski definition) is 1. The Balaban J connectivity index is 1.85. The van der Waals surface area contributed by atoms with Gasteiger partial charge in [-0.3, -0.25) is 9.69 Å². The number of hydrogen-bond acceptors (Lipinski definition) is 5. The van der Waals surface area contributed by atoms with Crippen molar-refractivity contribution in [2.75, 3.05) is 50.8 Å². The van der Waals surface area contributed by atoms with Crippen molar-refractivity contribution in [3.63, 3.8) is 0 Å². The zero-order valence-corrected chi connectivity index (χ0v) is 11.2. The highest BCUT2D eigenvalue weighted by Gasteiger charge is 2.36. The molecule has 0 spiro atoms. The van der Waals surface area contributed by atoms with Gasteiger partial charge in [0, 0.05) is 32.7 Å². The summed E-state index contributed by atoms with van der Waals surface area (Å²) in [7, 11) is -2.99. The molecule has 2 aliphatic rings. The van der Waals surface area contributed by atoms with Crippen molar-refractivity contribution in [2.45, 2.75) is 6.42 Å². The summed E-state index contributed by atoms with van der Waals surface area (Å²) in [5, 5.41) is 8.83. The highest BCUT2D eigenvalue weighted by molar-refractivity contribution is 7.91. The Morgan fingerprint density at radius 2 is 1.89 bits per heavy atom. The van der Waals surface area contributed by atoms with Crippen LogP contribution >= 0.6 is 0 Å². The van der Waals surface area contributed by atoms with Gasteiger partial charge < -0.3 is 10.0 Å². The molecular weight excluding hydrogens is 256 g/mol. The molecule has 0 bridgehead atoms. The standard InChI is InChI=1S/C11H20N2O4S/c14-7-6-12-2-4-13(5-3-12)11(15)10-1-8-18(16,17)9-10/h10,14H,1-9H2. The second-order valence-electron chi connectivity index (χ2n) is 4.99. The normalized spacial score (nSPS) is 28.5. The van der Waals surface area contributed by atoms with Gasteiger partial charge in [0.25, 0.3) is 0 Å². The van der Waals surface area contributed by atoms with Crippen molar-refractivity contribution in [1.82, 2.24) is 9.80 Å². The summed E-state index contributed by atoms with van der Waals surface area (Å²) >= 11 is 0. The summed E-state index contributed by atoms with van der Waals surface area (Å²) in [4.78, 5) is 16.0. The summed E-state index contributed by atoms with van der Waals surface area (Å²) < 4.78 is 22.7. The second-order valence-corrected chi connectivity index (χ2v) is 7.22.